The van der Waals surface area contributed by atoms with E-state index in [9.17, 15) is 4.79 Å². The van der Waals surface area contributed by atoms with Crippen molar-refractivity contribution in [2.45, 2.75) is 31.5 Å². The Kier molecular flexibility index (Phi) is 6.70. The molecule has 0 atom stereocenters. The average Bonchev–Trinajstić information content (AvgIpc) is 3.14. The first-order chi connectivity index (χ1) is 13.4. The molecule has 0 fully saturated rings. The quantitative estimate of drug-likeness (QED) is 0.541. The number of hydrogen-bond acceptors (Lipinski definition) is 5. The van der Waals surface area contributed by atoms with Gasteiger partial charge in [0.15, 0.2) is 0 Å². The summed E-state index contributed by atoms with van der Waals surface area (Å²) in [6, 6.07) is 15.6. The molecule has 3 rings (SSSR count). The smallest absolute Gasteiger partial charge is 0.233 e. The van der Waals surface area contributed by atoms with Gasteiger partial charge < -0.3 is 4.90 Å². The zero-order valence-corrected chi connectivity index (χ0v) is 17.6. The average molecular weight is 416 g/mol. The van der Waals surface area contributed by atoms with Crippen molar-refractivity contribution in [3.63, 3.8) is 0 Å². The van der Waals surface area contributed by atoms with Crippen molar-refractivity contribution in [1.29, 1.82) is 0 Å². The lowest BCUT2D eigenvalue weighted by molar-refractivity contribution is -0.127. The standard InChI is InChI=1S/C20H22ClN5OS/c1-14(2)16-7-9-18(10-8-16)26-20(22-23-24-26)28-13-19(27)25(3)12-15-5-4-6-17(21)11-15/h4-11,14H,12-13H2,1-3H3. The molecule has 8 heteroatoms. The molecule has 2 aromatic carbocycles. The van der Waals surface area contributed by atoms with Gasteiger partial charge in [-0.1, -0.05) is 61.5 Å². The van der Waals surface area contributed by atoms with Gasteiger partial charge in [0.2, 0.25) is 11.1 Å². The summed E-state index contributed by atoms with van der Waals surface area (Å²) in [6.45, 7) is 4.80. The topological polar surface area (TPSA) is 63.9 Å². The second kappa shape index (κ2) is 9.21. The van der Waals surface area contributed by atoms with E-state index in [2.05, 4.69) is 41.5 Å². The Hall–Kier alpha value is -2.38. The Labute approximate surface area is 173 Å². The molecular formula is C20H22ClN5OS. The zero-order chi connectivity index (χ0) is 20.1. The Balaban J connectivity index is 1.62. The first-order valence-corrected chi connectivity index (χ1v) is 10.3. The van der Waals surface area contributed by atoms with Crippen molar-refractivity contribution in [3.8, 4) is 5.69 Å². The van der Waals surface area contributed by atoms with Gasteiger partial charge in [0.1, 0.15) is 0 Å². The third-order valence-electron chi connectivity index (χ3n) is 4.30. The van der Waals surface area contributed by atoms with E-state index in [1.165, 1.54) is 17.3 Å². The Morgan fingerprint density at radius 3 is 2.64 bits per heavy atom. The minimum absolute atomic E-state index is 0.00492. The van der Waals surface area contributed by atoms with Crippen molar-refractivity contribution < 1.29 is 4.79 Å². The predicted octanol–water partition coefficient (Wildman–Crippen LogP) is 4.19. The minimum atomic E-state index is -0.00492. The minimum Gasteiger partial charge on any atom is -0.341 e. The van der Waals surface area contributed by atoms with Crippen LogP contribution in [0.15, 0.2) is 53.7 Å². The third-order valence-corrected chi connectivity index (χ3v) is 5.44. The molecule has 0 radical (unpaired) electrons. The fourth-order valence-electron chi connectivity index (χ4n) is 2.67. The maximum absolute atomic E-state index is 12.5. The van der Waals surface area contributed by atoms with Crippen LogP contribution in [0.5, 0.6) is 0 Å². The fraction of sp³-hybridized carbons (Fsp3) is 0.300. The number of thioether (sulfide) groups is 1. The first kappa shape index (κ1) is 20.4. The van der Waals surface area contributed by atoms with Crippen molar-refractivity contribution in [2.24, 2.45) is 0 Å². The van der Waals surface area contributed by atoms with Crippen LogP contribution in [0.4, 0.5) is 0 Å². The zero-order valence-electron chi connectivity index (χ0n) is 16.0. The summed E-state index contributed by atoms with van der Waals surface area (Å²) in [5.74, 6) is 0.709. The van der Waals surface area contributed by atoms with Crippen LogP contribution in [-0.2, 0) is 11.3 Å². The maximum Gasteiger partial charge on any atom is 0.233 e. The molecule has 28 heavy (non-hydrogen) atoms. The normalized spacial score (nSPS) is 11.0. The molecule has 1 aromatic heterocycles. The Morgan fingerprint density at radius 2 is 1.96 bits per heavy atom. The molecule has 0 aliphatic rings. The van der Waals surface area contributed by atoms with E-state index in [-0.39, 0.29) is 11.7 Å². The summed E-state index contributed by atoms with van der Waals surface area (Å²) in [6.07, 6.45) is 0. The monoisotopic (exact) mass is 415 g/mol. The van der Waals surface area contributed by atoms with Crippen LogP contribution < -0.4 is 0 Å². The van der Waals surface area contributed by atoms with Gasteiger partial charge in [0, 0.05) is 18.6 Å². The molecule has 1 amide bonds. The number of benzene rings is 2. The van der Waals surface area contributed by atoms with Crippen molar-refractivity contribution >= 4 is 29.3 Å². The summed E-state index contributed by atoms with van der Waals surface area (Å²) >= 11 is 7.33. The molecule has 0 aliphatic heterocycles. The largest absolute Gasteiger partial charge is 0.341 e. The van der Waals surface area contributed by atoms with E-state index in [1.807, 2.05) is 36.4 Å². The van der Waals surface area contributed by atoms with E-state index in [1.54, 1.807) is 16.6 Å². The van der Waals surface area contributed by atoms with Crippen LogP contribution in [0.1, 0.15) is 30.9 Å². The lowest BCUT2D eigenvalue weighted by Crippen LogP contribution is -2.27. The van der Waals surface area contributed by atoms with Gasteiger partial charge in [0.05, 0.1) is 11.4 Å². The van der Waals surface area contributed by atoms with Gasteiger partial charge in [-0.25, -0.2) is 0 Å². The van der Waals surface area contributed by atoms with Gasteiger partial charge in [-0.15, -0.1) is 5.10 Å². The molecular weight excluding hydrogens is 394 g/mol. The van der Waals surface area contributed by atoms with E-state index in [4.69, 9.17) is 11.6 Å². The molecule has 0 unspecified atom stereocenters. The molecule has 0 saturated carbocycles. The molecule has 1 heterocycles. The van der Waals surface area contributed by atoms with E-state index < -0.39 is 0 Å². The number of tetrazole rings is 1. The summed E-state index contributed by atoms with van der Waals surface area (Å²) in [5.41, 5.74) is 3.11. The molecule has 0 aliphatic carbocycles. The van der Waals surface area contributed by atoms with Gasteiger partial charge in [-0.05, 0) is 51.7 Å². The lowest BCUT2D eigenvalue weighted by Gasteiger charge is -2.17. The highest BCUT2D eigenvalue weighted by molar-refractivity contribution is 7.99. The Bertz CT molecular complexity index is 942. The van der Waals surface area contributed by atoms with E-state index in [0.717, 1.165) is 11.3 Å². The van der Waals surface area contributed by atoms with Crippen LogP contribution in [0.2, 0.25) is 5.02 Å². The van der Waals surface area contributed by atoms with Crippen LogP contribution in [0.3, 0.4) is 0 Å². The molecule has 0 spiro atoms. The van der Waals surface area contributed by atoms with Crippen molar-refractivity contribution in [2.75, 3.05) is 12.8 Å². The number of carbonyl (C=O) groups is 1. The second-order valence-electron chi connectivity index (χ2n) is 6.79. The van der Waals surface area contributed by atoms with E-state index in [0.29, 0.717) is 22.6 Å². The number of halogens is 1. The predicted molar refractivity (Wildman–Crippen MR) is 112 cm³/mol. The fourth-order valence-corrected chi connectivity index (χ4v) is 3.71. The summed E-state index contributed by atoms with van der Waals surface area (Å²) in [5, 5.41) is 13.1. The first-order valence-electron chi connectivity index (χ1n) is 8.94. The number of hydrogen-bond donors (Lipinski definition) is 0. The molecule has 146 valence electrons. The van der Waals surface area contributed by atoms with Gasteiger partial charge in [-0.3, -0.25) is 4.79 Å². The number of nitrogens with zero attached hydrogens (tertiary/aromatic N) is 5. The molecule has 0 N–H and O–H groups in total. The number of amides is 1. The van der Waals surface area contributed by atoms with Crippen LogP contribution in [0, 0.1) is 0 Å². The molecule has 0 bridgehead atoms. The van der Waals surface area contributed by atoms with Crippen LogP contribution in [-0.4, -0.2) is 43.8 Å². The molecule has 6 nitrogen and oxygen atoms in total. The van der Waals surface area contributed by atoms with Crippen LogP contribution >= 0.6 is 23.4 Å². The molecule has 0 saturated heterocycles. The number of rotatable bonds is 7. The van der Waals surface area contributed by atoms with E-state index >= 15 is 0 Å². The van der Waals surface area contributed by atoms with Gasteiger partial charge in [-0.2, -0.15) is 4.68 Å². The number of carbonyl (C=O) groups excluding carboxylic acids is 1. The Morgan fingerprint density at radius 1 is 1.21 bits per heavy atom. The van der Waals surface area contributed by atoms with Crippen LogP contribution in [0.25, 0.3) is 5.69 Å². The second-order valence-corrected chi connectivity index (χ2v) is 8.17. The maximum atomic E-state index is 12.5. The highest BCUT2D eigenvalue weighted by atomic mass is 35.5. The van der Waals surface area contributed by atoms with Crippen molar-refractivity contribution in [1.82, 2.24) is 25.1 Å². The molecule has 3 aromatic rings. The number of aromatic nitrogens is 4. The highest BCUT2D eigenvalue weighted by Gasteiger charge is 2.15. The SMILES string of the molecule is CC(C)c1ccc(-n2nnnc2SCC(=O)N(C)Cc2cccc(Cl)c2)cc1. The third kappa shape index (κ3) is 5.11. The van der Waals surface area contributed by atoms with Gasteiger partial charge in [0.25, 0.3) is 0 Å². The highest BCUT2D eigenvalue weighted by Crippen LogP contribution is 2.21. The lowest BCUT2D eigenvalue weighted by atomic mass is 10.0. The summed E-state index contributed by atoms with van der Waals surface area (Å²) in [4.78, 5) is 14.2. The summed E-state index contributed by atoms with van der Waals surface area (Å²) in [7, 11) is 1.78. The van der Waals surface area contributed by atoms with Gasteiger partial charge >= 0.3 is 0 Å². The summed E-state index contributed by atoms with van der Waals surface area (Å²) < 4.78 is 1.65. The van der Waals surface area contributed by atoms with Crippen molar-refractivity contribution in [3.05, 3.63) is 64.7 Å².